The van der Waals surface area contributed by atoms with Crippen LogP contribution in [0.5, 0.6) is 0 Å². The van der Waals surface area contributed by atoms with Gasteiger partial charge in [0, 0.05) is 25.9 Å². The number of aryl methyl sites for hydroxylation is 1. The zero-order valence-electron chi connectivity index (χ0n) is 15.2. The fourth-order valence-corrected chi connectivity index (χ4v) is 4.03. The number of ether oxygens (including phenoxy) is 1. The summed E-state index contributed by atoms with van der Waals surface area (Å²) < 4.78 is 7.84. The lowest BCUT2D eigenvalue weighted by atomic mass is 9.99. The van der Waals surface area contributed by atoms with Crippen LogP contribution in [0.4, 0.5) is 0 Å². The number of nitrogens with zero attached hydrogens (tertiary/aromatic N) is 5. The van der Waals surface area contributed by atoms with E-state index >= 15 is 0 Å². The molecule has 1 amide bonds. The Morgan fingerprint density at radius 2 is 2.21 bits per heavy atom. The molecular weight excluding hydrogens is 360 g/mol. The molecule has 1 N–H and O–H groups in total. The molecule has 0 unspecified atom stereocenters. The number of aromatic amines is 1. The Morgan fingerprint density at radius 3 is 3.14 bits per heavy atom. The quantitative estimate of drug-likeness (QED) is 0.721. The number of nitrogens with one attached hydrogen (secondary N) is 1. The van der Waals surface area contributed by atoms with Crippen LogP contribution in [0.3, 0.4) is 0 Å². The van der Waals surface area contributed by atoms with E-state index in [0.29, 0.717) is 37.3 Å². The third-order valence-electron chi connectivity index (χ3n) is 5.53. The third-order valence-corrected chi connectivity index (χ3v) is 5.53. The van der Waals surface area contributed by atoms with Crippen LogP contribution in [-0.4, -0.2) is 55.0 Å². The maximum Gasteiger partial charge on any atom is 0.270 e. The average molecular weight is 380 g/mol. The summed E-state index contributed by atoms with van der Waals surface area (Å²) in [5.74, 6) is 0.0146. The van der Waals surface area contributed by atoms with Crippen molar-refractivity contribution in [1.29, 1.82) is 0 Å². The number of carbonyl (C=O) groups excluding carboxylic acids is 1. The second-order valence-corrected chi connectivity index (χ2v) is 7.24. The summed E-state index contributed by atoms with van der Waals surface area (Å²) >= 11 is 0. The number of likely N-dealkylation sites (tertiary alicyclic amines) is 1. The molecule has 3 aromatic rings. The van der Waals surface area contributed by atoms with Gasteiger partial charge in [0.1, 0.15) is 5.69 Å². The number of hydrogen-bond acceptors (Lipinski definition) is 6. The minimum atomic E-state index is -0.237. The van der Waals surface area contributed by atoms with Crippen molar-refractivity contribution < 1.29 is 9.53 Å². The number of aromatic nitrogens is 5. The zero-order valence-corrected chi connectivity index (χ0v) is 15.2. The molecule has 2 aliphatic heterocycles. The highest BCUT2D eigenvalue weighted by molar-refractivity contribution is 5.77. The van der Waals surface area contributed by atoms with Crippen molar-refractivity contribution >= 4 is 16.9 Å². The molecule has 0 spiro atoms. The van der Waals surface area contributed by atoms with Gasteiger partial charge in [-0.05, 0) is 18.6 Å². The SMILES string of the molecule is O=C(CCc1nc2ccccc2[nH]c1=O)N1CC[C@H]2[C@H](C1)OCc1cnnn12. The van der Waals surface area contributed by atoms with Crippen molar-refractivity contribution in [3.8, 4) is 0 Å². The molecule has 5 rings (SSSR count). The molecule has 9 nitrogen and oxygen atoms in total. The van der Waals surface area contributed by atoms with Gasteiger partial charge < -0.3 is 14.6 Å². The number of piperidine rings is 1. The van der Waals surface area contributed by atoms with Gasteiger partial charge in [0.05, 0.1) is 41.7 Å². The summed E-state index contributed by atoms with van der Waals surface area (Å²) in [5.41, 5.74) is 2.56. The molecule has 9 heteroatoms. The first-order valence-electron chi connectivity index (χ1n) is 9.45. The minimum absolute atomic E-state index is 0.0146. The van der Waals surface area contributed by atoms with Gasteiger partial charge in [-0.2, -0.15) is 0 Å². The van der Waals surface area contributed by atoms with Crippen LogP contribution in [0, 0.1) is 0 Å². The second-order valence-electron chi connectivity index (χ2n) is 7.24. The van der Waals surface area contributed by atoms with E-state index in [1.165, 1.54) is 0 Å². The average Bonchev–Trinajstić information content (AvgIpc) is 3.21. The van der Waals surface area contributed by atoms with Gasteiger partial charge in [0.15, 0.2) is 0 Å². The summed E-state index contributed by atoms with van der Waals surface area (Å²) in [6.07, 6.45) is 3.00. The van der Waals surface area contributed by atoms with Crippen LogP contribution in [0.25, 0.3) is 11.0 Å². The summed E-state index contributed by atoms with van der Waals surface area (Å²) in [4.78, 5) is 34.0. The lowest BCUT2D eigenvalue weighted by Gasteiger charge is -2.41. The number of amides is 1. The van der Waals surface area contributed by atoms with Crippen molar-refractivity contribution in [3.63, 3.8) is 0 Å². The van der Waals surface area contributed by atoms with Crippen LogP contribution in [-0.2, 0) is 22.6 Å². The van der Waals surface area contributed by atoms with Crippen molar-refractivity contribution in [2.75, 3.05) is 13.1 Å². The molecule has 1 saturated heterocycles. The molecule has 144 valence electrons. The van der Waals surface area contributed by atoms with Gasteiger partial charge in [-0.15, -0.1) is 5.10 Å². The lowest BCUT2D eigenvalue weighted by molar-refractivity contribution is -0.139. The maximum atomic E-state index is 12.7. The van der Waals surface area contributed by atoms with E-state index in [9.17, 15) is 9.59 Å². The molecule has 0 aliphatic carbocycles. The highest BCUT2D eigenvalue weighted by Gasteiger charge is 2.37. The van der Waals surface area contributed by atoms with Gasteiger partial charge in [0.25, 0.3) is 5.56 Å². The number of benzene rings is 1. The van der Waals surface area contributed by atoms with Gasteiger partial charge in [-0.25, -0.2) is 9.67 Å². The molecule has 2 atom stereocenters. The predicted molar refractivity (Wildman–Crippen MR) is 99.5 cm³/mol. The Balaban J connectivity index is 1.25. The Morgan fingerprint density at radius 1 is 1.32 bits per heavy atom. The van der Waals surface area contributed by atoms with E-state index in [0.717, 1.165) is 17.6 Å². The highest BCUT2D eigenvalue weighted by Crippen LogP contribution is 2.30. The largest absolute Gasteiger partial charge is 0.368 e. The van der Waals surface area contributed by atoms with Crippen molar-refractivity contribution in [3.05, 3.63) is 52.2 Å². The number of rotatable bonds is 3. The van der Waals surface area contributed by atoms with Crippen molar-refractivity contribution in [2.45, 2.75) is 38.0 Å². The zero-order chi connectivity index (χ0) is 19.1. The highest BCUT2D eigenvalue weighted by atomic mass is 16.5. The monoisotopic (exact) mass is 380 g/mol. The second kappa shape index (κ2) is 6.83. The maximum absolute atomic E-state index is 12.7. The summed E-state index contributed by atoms with van der Waals surface area (Å²) in [7, 11) is 0. The molecule has 1 aromatic carbocycles. The molecule has 2 aromatic heterocycles. The molecule has 0 saturated carbocycles. The topological polar surface area (TPSA) is 106 Å². The van der Waals surface area contributed by atoms with E-state index in [2.05, 4.69) is 20.3 Å². The van der Waals surface area contributed by atoms with Crippen LogP contribution in [0.2, 0.25) is 0 Å². The smallest absolute Gasteiger partial charge is 0.270 e. The number of hydrogen-bond donors (Lipinski definition) is 1. The number of H-pyrrole nitrogens is 1. The Labute approximate surface area is 160 Å². The van der Waals surface area contributed by atoms with Gasteiger partial charge in [-0.1, -0.05) is 17.3 Å². The van der Waals surface area contributed by atoms with Gasteiger partial charge in [0.2, 0.25) is 5.91 Å². The molecule has 4 heterocycles. The Hall–Kier alpha value is -3.07. The molecule has 0 radical (unpaired) electrons. The normalized spacial score (nSPS) is 21.4. The van der Waals surface area contributed by atoms with Crippen molar-refractivity contribution in [2.24, 2.45) is 0 Å². The molecule has 1 fully saturated rings. The number of para-hydroxylation sites is 2. The Kier molecular flexibility index (Phi) is 4.16. The minimum Gasteiger partial charge on any atom is -0.368 e. The van der Waals surface area contributed by atoms with Gasteiger partial charge in [-0.3, -0.25) is 9.59 Å². The first kappa shape index (κ1) is 17.1. The summed E-state index contributed by atoms with van der Waals surface area (Å²) in [6, 6.07) is 7.51. The van der Waals surface area contributed by atoms with E-state index < -0.39 is 0 Å². The van der Waals surface area contributed by atoms with Crippen LogP contribution in [0.15, 0.2) is 35.3 Å². The van der Waals surface area contributed by atoms with E-state index in [4.69, 9.17) is 4.74 Å². The Bertz CT molecular complexity index is 1090. The van der Waals surface area contributed by atoms with Crippen LogP contribution < -0.4 is 5.56 Å². The van der Waals surface area contributed by atoms with E-state index in [1.54, 1.807) is 6.20 Å². The summed E-state index contributed by atoms with van der Waals surface area (Å²) in [5, 5.41) is 8.11. The summed E-state index contributed by atoms with van der Waals surface area (Å²) in [6.45, 7) is 1.64. The number of fused-ring (bicyclic) bond motifs is 4. The van der Waals surface area contributed by atoms with Gasteiger partial charge >= 0.3 is 0 Å². The van der Waals surface area contributed by atoms with Crippen LogP contribution >= 0.6 is 0 Å². The van der Waals surface area contributed by atoms with E-state index in [1.807, 2.05) is 33.8 Å². The molecular formula is C19H20N6O3. The predicted octanol–water partition coefficient (Wildman–Crippen LogP) is 0.820. The fourth-order valence-electron chi connectivity index (χ4n) is 4.03. The standard InChI is InChI=1S/C19H20N6O3/c26-18(6-5-15-19(27)22-14-4-2-1-3-13(14)21-15)24-8-7-16-17(10-24)28-11-12-9-20-23-25(12)16/h1-4,9,16-17H,5-8,10-11H2,(H,22,27)/t16-,17-/m0/s1. The van der Waals surface area contributed by atoms with Crippen molar-refractivity contribution in [1.82, 2.24) is 29.9 Å². The lowest BCUT2D eigenvalue weighted by Crippen LogP contribution is -2.50. The number of carbonyl (C=O) groups is 1. The molecule has 28 heavy (non-hydrogen) atoms. The first-order chi connectivity index (χ1) is 13.7. The first-order valence-corrected chi connectivity index (χ1v) is 9.45. The third kappa shape index (κ3) is 2.97. The van der Waals surface area contributed by atoms with Crippen LogP contribution in [0.1, 0.15) is 30.3 Å². The van der Waals surface area contributed by atoms with E-state index in [-0.39, 0.29) is 30.0 Å². The molecule has 2 aliphatic rings. The molecule has 0 bridgehead atoms. The fraction of sp³-hybridized carbons (Fsp3) is 0.421.